The fraction of sp³-hybridized carbons (Fsp3) is 0.706. The van der Waals surface area contributed by atoms with E-state index in [1.807, 2.05) is 0 Å². The van der Waals surface area contributed by atoms with Crippen molar-refractivity contribution in [3.8, 4) is 0 Å². The number of nitrogens with one attached hydrogen (secondary N) is 1. The van der Waals surface area contributed by atoms with Crippen LogP contribution in [0.4, 0.5) is 0 Å². The molecule has 0 heterocycles. The Balaban J connectivity index is 4.24. The molecule has 0 aromatic carbocycles. The first-order valence-electron chi connectivity index (χ1n) is 24.2. The van der Waals surface area contributed by atoms with Crippen LogP contribution in [0.3, 0.4) is 0 Å². The van der Waals surface area contributed by atoms with Crippen molar-refractivity contribution in [2.24, 2.45) is 5.73 Å². The van der Waals surface area contributed by atoms with Crippen LogP contribution in [0.15, 0.2) is 85.1 Å². The number of unbranched alkanes of at least 4 members (excludes halogenated alkanes) is 18. The number of phosphoric ester groups is 1. The number of amides is 1. The van der Waals surface area contributed by atoms with Gasteiger partial charge in [0.2, 0.25) is 5.91 Å². The van der Waals surface area contributed by atoms with Crippen LogP contribution in [-0.4, -0.2) is 47.8 Å². The number of allylic oxidation sites excluding steroid dienone is 14. The molecule has 0 rings (SSSR count). The van der Waals surface area contributed by atoms with E-state index in [1.165, 1.54) is 96.3 Å². The summed E-state index contributed by atoms with van der Waals surface area (Å²) >= 11 is 0. The second kappa shape index (κ2) is 46.2. The molecule has 0 radical (unpaired) electrons. The molecular formula is C51H91N2O6P. The first-order chi connectivity index (χ1) is 29.4. The van der Waals surface area contributed by atoms with Crippen LogP contribution in [0.2, 0.25) is 0 Å². The number of carbonyl (C=O) groups is 1. The molecule has 1 amide bonds. The normalized spacial score (nSPS) is 14.7. The average Bonchev–Trinajstić information content (AvgIpc) is 3.24. The first-order valence-corrected chi connectivity index (χ1v) is 25.7. The van der Waals surface area contributed by atoms with Crippen LogP contribution in [0, 0.1) is 0 Å². The van der Waals surface area contributed by atoms with Gasteiger partial charge >= 0.3 is 7.82 Å². The minimum absolute atomic E-state index is 0.0753. The highest BCUT2D eigenvalue weighted by Gasteiger charge is 2.27. The number of hydrogen-bond donors (Lipinski definition) is 4. The highest BCUT2D eigenvalue weighted by atomic mass is 31.2. The third-order valence-electron chi connectivity index (χ3n) is 10.3. The Bertz CT molecular complexity index is 1210. The van der Waals surface area contributed by atoms with Crippen molar-refractivity contribution in [2.75, 3.05) is 19.8 Å². The van der Waals surface area contributed by atoms with Crippen molar-refractivity contribution in [1.29, 1.82) is 0 Å². The summed E-state index contributed by atoms with van der Waals surface area (Å²) in [7, 11) is -4.34. The number of phosphoric acid groups is 1. The van der Waals surface area contributed by atoms with Gasteiger partial charge in [0, 0.05) is 13.0 Å². The summed E-state index contributed by atoms with van der Waals surface area (Å²) in [5, 5.41) is 13.8. The molecule has 0 fully saturated rings. The summed E-state index contributed by atoms with van der Waals surface area (Å²) in [6.45, 7) is 4.05. The predicted octanol–water partition coefficient (Wildman–Crippen LogP) is 14.2. The maximum Gasteiger partial charge on any atom is 0.472 e. The lowest BCUT2D eigenvalue weighted by atomic mass is 10.0. The van der Waals surface area contributed by atoms with Gasteiger partial charge in [0.05, 0.1) is 25.4 Å². The molecule has 5 N–H and O–H groups in total. The van der Waals surface area contributed by atoms with Gasteiger partial charge in [0.25, 0.3) is 0 Å². The van der Waals surface area contributed by atoms with Crippen molar-refractivity contribution in [3.63, 3.8) is 0 Å². The maximum absolute atomic E-state index is 12.8. The fourth-order valence-electron chi connectivity index (χ4n) is 6.66. The lowest BCUT2D eigenvalue weighted by Gasteiger charge is -2.25. The van der Waals surface area contributed by atoms with Crippen LogP contribution in [-0.2, 0) is 18.4 Å². The number of aliphatic hydroxyl groups is 1. The van der Waals surface area contributed by atoms with E-state index in [-0.39, 0.29) is 32.1 Å². The average molecular weight is 859 g/mol. The van der Waals surface area contributed by atoms with Crippen LogP contribution in [0.5, 0.6) is 0 Å². The highest BCUT2D eigenvalue weighted by molar-refractivity contribution is 7.47. The van der Waals surface area contributed by atoms with E-state index in [0.29, 0.717) is 12.8 Å². The Hall–Kier alpha value is -2.32. The van der Waals surface area contributed by atoms with Gasteiger partial charge in [0.15, 0.2) is 0 Å². The van der Waals surface area contributed by atoms with Gasteiger partial charge in [-0.15, -0.1) is 0 Å². The predicted molar refractivity (Wildman–Crippen MR) is 258 cm³/mol. The molecule has 0 saturated heterocycles. The Morgan fingerprint density at radius 2 is 0.950 bits per heavy atom. The van der Waals surface area contributed by atoms with Crippen molar-refractivity contribution >= 4 is 13.7 Å². The molecule has 3 atom stereocenters. The Morgan fingerprint density at radius 1 is 0.567 bits per heavy atom. The Morgan fingerprint density at radius 3 is 1.35 bits per heavy atom. The third kappa shape index (κ3) is 43.8. The summed E-state index contributed by atoms with van der Waals surface area (Å²) in [4.78, 5) is 22.8. The van der Waals surface area contributed by atoms with Crippen LogP contribution in [0.1, 0.15) is 200 Å². The van der Waals surface area contributed by atoms with Gasteiger partial charge in [-0.1, -0.05) is 214 Å². The summed E-state index contributed by atoms with van der Waals surface area (Å²) in [5.41, 5.74) is 5.39. The second-order valence-corrected chi connectivity index (χ2v) is 17.4. The SMILES string of the molecule is CC/C=C\C/C=C\C/C=C\C/C=C\C/C=C\C/C=C\C/C=C\CCCC(=O)NC(COP(=O)(O)OCCN)C(O)CCCCCCCCCCCCCCCCCCCC. The number of aliphatic hydroxyl groups excluding tert-OH is 1. The van der Waals surface area contributed by atoms with Crippen molar-refractivity contribution in [2.45, 2.75) is 212 Å². The van der Waals surface area contributed by atoms with E-state index in [1.54, 1.807) is 0 Å². The Labute approximate surface area is 369 Å². The molecule has 8 nitrogen and oxygen atoms in total. The van der Waals surface area contributed by atoms with Crippen LogP contribution >= 0.6 is 7.82 Å². The zero-order valence-corrected chi connectivity index (χ0v) is 39.3. The standard InChI is InChI=1S/C51H91N2O6P/c1-3-5-7-9-11-13-15-17-19-21-23-24-25-26-27-29-31-33-35-37-39-41-43-45-51(55)53-49(48-59-60(56,57)58-47-46-52)50(54)44-42-40-38-36-34-32-30-28-22-20-18-16-14-12-10-8-6-4-2/h5,7,11,13,17,19,23-24,26-27,31,33,37,39,49-50,54H,3-4,6,8-10,12,14-16,18,20-22,25,28-30,32,34-36,38,40-48,52H2,1-2H3,(H,53,55)(H,56,57)/b7-5-,13-11-,19-17-,24-23-,27-26-,33-31-,39-37-. The molecule has 9 heteroatoms. The van der Waals surface area contributed by atoms with Gasteiger partial charge in [-0.25, -0.2) is 4.57 Å². The highest BCUT2D eigenvalue weighted by Crippen LogP contribution is 2.43. The van der Waals surface area contributed by atoms with E-state index < -0.39 is 20.0 Å². The van der Waals surface area contributed by atoms with Crippen molar-refractivity contribution in [3.05, 3.63) is 85.1 Å². The molecule has 0 spiro atoms. The molecule has 0 aromatic rings. The molecule has 0 saturated carbocycles. The molecule has 60 heavy (non-hydrogen) atoms. The lowest BCUT2D eigenvalue weighted by Crippen LogP contribution is -2.46. The first kappa shape index (κ1) is 57.7. The van der Waals surface area contributed by atoms with Gasteiger partial charge in [0.1, 0.15) is 0 Å². The molecule has 0 aliphatic heterocycles. The number of hydrogen-bond acceptors (Lipinski definition) is 6. The Kier molecular flexibility index (Phi) is 44.4. The monoisotopic (exact) mass is 859 g/mol. The van der Waals surface area contributed by atoms with E-state index in [9.17, 15) is 19.4 Å². The second-order valence-electron chi connectivity index (χ2n) is 15.9. The molecule has 0 aromatic heterocycles. The molecule has 0 aliphatic carbocycles. The number of carbonyl (C=O) groups excluding carboxylic acids is 1. The smallest absolute Gasteiger partial charge is 0.391 e. The molecule has 3 unspecified atom stereocenters. The zero-order chi connectivity index (χ0) is 43.9. The van der Waals surface area contributed by atoms with E-state index in [4.69, 9.17) is 14.8 Å². The lowest BCUT2D eigenvalue weighted by molar-refractivity contribution is -0.123. The van der Waals surface area contributed by atoms with E-state index in [2.05, 4.69) is 104 Å². The maximum atomic E-state index is 12.8. The summed E-state index contributed by atoms with van der Waals surface area (Å²) in [6, 6.07) is -0.811. The topological polar surface area (TPSA) is 131 Å². The minimum atomic E-state index is -4.34. The zero-order valence-electron chi connectivity index (χ0n) is 38.4. The molecular weight excluding hydrogens is 768 g/mol. The summed E-state index contributed by atoms with van der Waals surface area (Å²) < 4.78 is 22.2. The van der Waals surface area contributed by atoms with Crippen molar-refractivity contribution in [1.82, 2.24) is 5.32 Å². The van der Waals surface area contributed by atoms with E-state index >= 15 is 0 Å². The van der Waals surface area contributed by atoms with Gasteiger partial charge < -0.3 is 21.1 Å². The van der Waals surface area contributed by atoms with Gasteiger partial charge in [-0.2, -0.15) is 0 Å². The van der Waals surface area contributed by atoms with Crippen molar-refractivity contribution < 1.29 is 28.4 Å². The minimum Gasteiger partial charge on any atom is -0.391 e. The molecule has 0 aliphatic rings. The summed E-state index contributed by atoms with van der Waals surface area (Å²) in [6.07, 6.45) is 61.8. The van der Waals surface area contributed by atoms with Crippen LogP contribution < -0.4 is 11.1 Å². The third-order valence-corrected chi connectivity index (χ3v) is 11.2. The summed E-state index contributed by atoms with van der Waals surface area (Å²) in [5.74, 6) is -0.221. The quantitative estimate of drug-likeness (QED) is 0.0273. The largest absolute Gasteiger partial charge is 0.472 e. The fourth-order valence-corrected chi connectivity index (χ4v) is 7.41. The van der Waals surface area contributed by atoms with E-state index in [0.717, 1.165) is 70.6 Å². The van der Waals surface area contributed by atoms with Gasteiger partial charge in [-0.3, -0.25) is 13.8 Å². The number of rotatable bonds is 44. The molecule has 346 valence electrons. The van der Waals surface area contributed by atoms with Crippen LogP contribution in [0.25, 0.3) is 0 Å². The number of nitrogens with two attached hydrogens (primary N) is 1. The molecule has 0 bridgehead atoms. The van der Waals surface area contributed by atoms with Gasteiger partial charge in [-0.05, 0) is 64.2 Å².